The summed E-state index contributed by atoms with van der Waals surface area (Å²) in [5, 5.41) is 0. The third kappa shape index (κ3) is 5.49. The Morgan fingerprint density at radius 2 is 1.83 bits per heavy atom. The van der Waals surface area contributed by atoms with E-state index in [1.54, 1.807) is 0 Å². The highest BCUT2D eigenvalue weighted by molar-refractivity contribution is 5.65. The molecule has 0 unspecified atom stereocenters. The molecule has 2 heteroatoms. The largest absolute Gasteiger partial charge is 0.328 e. The average molecular weight is 310 g/mol. The molecular formula is C21H30N2. The maximum atomic E-state index is 6.01. The highest BCUT2D eigenvalue weighted by Crippen LogP contribution is 2.22. The van der Waals surface area contributed by atoms with Crippen molar-refractivity contribution in [1.29, 1.82) is 0 Å². The SMILES string of the molecule is C=C/C(=C\C=C(/C)c1ccccc1)CN(C)C1CCC(N)CC1. The van der Waals surface area contributed by atoms with Crippen LogP contribution in [0.3, 0.4) is 0 Å². The molecule has 1 aliphatic rings. The predicted molar refractivity (Wildman–Crippen MR) is 101 cm³/mol. The highest BCUT2D eigenvalue weighted by atomic mass is 15.1. The van der Waals surface area contributed by atoms with E-state index in [1.165, 1.54) is 29.6 Å². The number of nitrogens with zero attached hydrogens (tertiary/aromatic N) is 1. The van der Waals surface area contributed by atoms with Gasteiger partial charge in [-0.15, -0.1) is 0 Å². The first kappa shape index (κ1) is 17.7. The number of nitrogens with two attached hydrogens (primary N) is 1. The maximum Gasteiger partial charge on any atom is 0.0233 e. The van der Waals surface area contributed by atoms with E-state index in [0.717, 1.165) is 19.4 Å². The molecule has 0 saturated heterocycles. The van der Waals surface area contributed by atoms with E-state index in [1.807, 2.05) is 12.1 Å². The molecule has 0 spiro atoms. The van der Waals surface area contributed by atoms with Crippen LogP contribution in [-0.4, -0.2) is 30.6 Å². The molecule has 2 rings (SSSR count). The van der Waals surface area contributed by atoms with E-state index < -0.39 is 0 Å². The van der Waals surface area contributed by atoms with Gasteiger partial charge in [-0.1, -0.05) is 55.1 Å². The molecule has 2 nitrogen and oxygen atoms in total. The number of benzene rings is 1. The number of likely N-dealkylation sites (N-methyl/N-ethyl adjacent to an activating group) is 1. The Labute approximate surface area is 141 Å². The molecule has 1 aliphatic carbocycles. The van der Waals surface area contributed by atoms with Crippen molar-refractivity contribution in [1.82, 2.24) is 4.90 Å². The number of hydrogen-bond acceptors (Lipinski definition) is 2. The Kier molecular flexibility index (Phi) is 6.82. The molecule has 0 heterocycles. The molecule has 1 fully saturated rings. The summed E-state index contributed by atoms with van der Waals surface area (Å²) in [7, 11) is 2.21. The molecule has 1 saturated carbocycles. The van der Waals surface area contributed by atoms with Gasteiger partial charge in [0.25, 0.3) is 0 Å². The highest BCUT2D eigenvalue weighted by Gasteiger charge is 2.21. The van der Waals surface area contributed by atoms with Crippen LogP contribution >= 0.6 is 0 Å². The van der Waals surface area contributed by atoms with Crippen molar-refractivity contribution in [3.05, 3.63) is 66.3 Å². The van der Waals surface area contributed by atoms with Crippen LogP contribution in [0.25, 0.3) is 5.57 Å². The van der Waals surface area contributed by atoms with Crippen molar-refractivity contribution in [3.8, 4) is 0 Å². The summed E-state index contributed by atoms with van der Waals surface area (Å²) < 4.78 is 0. The Morgan fingerprint density at radius 1 is 1.17 bits per heavy atom. The molecule has 124 valence electrons. The molecule has 0 amide bonds. The number of rotatable bonds is 6. The second kappa shape index (κ2) is 8.85. The molecule has 2 N–H and O–H groups in total. The normalized spacial score (nSPS) is 23.1. The van der Waals surface area contributed by atoms with Crippen molar-refractivity contribution >= 4 is 5.57 Å². The van der Waals surface area contributed by atoms with Crippen LogP contribution in [0.1, 0.15) is 38.2 Å². The van der Waals surface area contributed by atoms with Gasteiger partial charge in [0.05, 0.1) is 0 Å². The van der Waals surface area contributed by atoms with Crippen molar-refractivity contribution in [3.63, 3.8) is 0 Å². The van der Waals surface area contributed by atoms with Gasteiger partial charge in [-0.3, -0.25) is 4.90 Å². The zero-order valence-corrected chi connectivity index (χ0v) is 14.5. The fourth-order valence-electron chi connectivity index (χ4n) is 3.17. The molecule has 0 radical (unpaired) electrons. The van der Waals surface area contributed by atoms with Gasteiger partial charge in [-0.05, 0) is 56.4 Å². The molecule has 23 heavy (non-hydrogen) atoms. The molecule has 0 aliphatic heterocycles. The summed E-state index contributed by atoms with van der Waals surface area (Å²) in [6.45, 7) is 7.08. The summed E-state index contributed by atoms with van der Waals surface area (Å²) in [5.41, 5.74) is 9.81. The minimum absolute atomic E-state index is 0.408. The van der Waals surface area contributed by atoms with Gasteiger partial charge in [0.2, 0.25) is 0 Å². The van der Waals surface area contributed by atoms with Crippen LogP contribution in [0.4, 0.5) is 0 Å². The Morgan fingerprint density at radius 3 is 2.43 bits per heavy atom. The Balaban J connectivity index is 1.97. The lowest BCUT2D eigenvalue weighted by molar-refractivity contribution is 0.197. The summed E-state index contributed by atoms with van der Waals surface area (Å²) >= 11 is 0. The fourth-order valence-corrected chi connectivity index (χ4v) is 3.17. The van der Waals surface area contributed by atoms with Gasteiger partial charge in [0.15, 0.2) is 0 Å². The standard InChI is InChI=1S/C21H30N2/c1-4-18(11-10-17(2)19-8-6-5-7-9-19)16-23(3)21-14-12-20(22)13-15-21/h4-11,20-21H,1,12-16,22H2,2-3H3/b17-10+,18-11+. The Bertz CT molecular complexity index is 548. The minimum atomic E-state index is 0.408. The van der Waals surface area contributed by atoms with E-state index >= 15 is 0 Å². The van der Waals surface area contributed by atoms with Crippen LogP contribution in [0.5, 0.6) is 0 Å². The first-order valence-electron chi connectivity index (χ1n) is 8.61. The molecule has 0 atom stereocenters. The molecule has 1 aromatic carbocycles. The zero-order chi connectivity index (χ0) is 16.7. The van der Waals surface area contributed by atoms with E-state index in [2.05, 4.69) is 61.9 Å². The average Bonchev–Trinajstić information content (AvgIpc) is 2.59. The third-order valence-electron chi connectivity index (χ3n) is 4.84. The van der Waals surface area contributed by atoms with Crippen LogP contribution in [0.15, 0.2) is 60.7 Å². The molecule has 0 bridgehead atoms. The lowest BCUT2D eigenvalue weighted by atomic mass is 9.91. The van der Waals surface area contributed by atoms with Gasteiger partial charge in [0.1, 0.15) is 0 Å². The van der Waals surface area contributed by atoms with E-state index in [4.69, 9.17) is 5.73 Å². The van der Waals surface area contributed by atoms with E-state index in [9.17, 15) is 0 Å². The van der Waals surface area contributed by atoms with Crippen LogP contribution < -0.4 is 5.73 Å². The minimum Gasteiger partial charge on any atom is -0.328 e. The van der Waals surface area contributed by atoms with E-state index in [0.29, 0.717) is 12.1 Å². The molecule has 1 aromatic rings. The van der Waals surface area contributed by atoms with Crippen molar-refractivity contribution in [2.45, 2.75) is 44.7 Å². The van der Waals surface area contributed by atoms with Crippen LogP contribution in [0, 0.1) is 0 Å². The number of hydrogen-bond donors (Lipinski definition) is 1. The van der Waals surface area contributed by atoms with Crippen molar-refractivity contribution in [2.24, 2.45) is 5.73 Å². The van der Waals surface area contributed by atoms with Crippen molar-refractivity contribution in [2.75, 3.05) is 13.6 Å². The fraction of sp³-hybridized carbons (Fsp3) is 0.429. The third-order valence-corrected chi connectivity index (χ3v) is 4.84. The summed E-state index contributed by atoms with van der Waals surface area (Å²) in [5.74, 6) is 0. The van der Waals surface area contributed by atoms with Gasteiger partial charge >= 0.3 is 0 Å². The summed E-state index contributed by atoms with van der Waals surface area (Å²) in [6.07, 6.45) is 11.1. The second-order valence-electron chi connectivity index (χ2n) is 6.65. The lowest BCUT2D eigenvalue weighted by Gasteiger charge is -2.33. The monoisotopic (exact) mass is 310 g/mol. The summed E-state index contributed by atoms with van der Waals surface area (Å²) in [6, 6.07) is 11.5. The van der Waals surface area contributed by atoms with Gasteiger partial charge in [-0.2, -0.15) is 0 Å². The maximum absolute atomic E-state index is 6.01. The second-order valence-corrected chi connectivity index (χ2v) is 6.65. The van der Waals surface area contributed by atoms with Crippen LogP contribution in [0.2, 0.25) is 0 Å². The number of allylic oxidation sites excluding steroid dienone is 3. The quantitative estimate of drug-likeness (QED) is 0.789. The van der Waals surface area contributed by atoms with Crippen LogP contribution in [-0.2, 0) is 0 Å². The first-order chi connectivity index (χ1) is 11.1. The summed E-state index contributed by atoms with van der Waals surface area (Å²) in [4.78, 5) is 2.45. The molecular weight excluding hydrogens is 280 g/mol. The molecule has 0 aromatic heterocycles. The predicted octanol–water partition coefficient (Wildman–Crippen LogP) is 4.40. The smallest absolute Gasteiger partial charge is 0.0233 e. The van der Waals surface area contributed by atoms with E-state index in [-0.39, 0.29) is 0 Å². The topological polar surface area (TPSA) is 29.3 Å². The van der Waals surface area contributed by atoms with Gasteiger partial charge in [0, 0.05) is 18.6 Å². The zero-order valence-electron chi connectivity index (χ0n) is 14.5. The van der Waals surface area contributed by atoms with Gasteiger partial charge < -0.3 is 5.73 Å². The van der Waals surface area contributed by atoms with Gasteiger partial charge in [-0.25, -0.2) is 0 Å². The van der Waals surface area contributed by atoms with Crippen molar-refractivity contribution < 1.29 is 0 Å². The lowest BCUT2D eigenvalue weighted by Crippen LogP contribution is -2.39. The first-order valence-corrected chi connectivity index (χ1v) is 8.61. The Hall–Kier alpha value is -1.64.